The first-order chi connectivity index (χ1) is 7.33. The van der Waals surface area contributed by atoms with E-state index in [0.717, 1.165) is 16.3 Å². The minimum atomic E-state index is -0.303. The Labute approximate surface area is 107 Å². The van der Waals surface area contributed by atoms with Crippen LogP contribution in [0.5, 0.6) is 5.75 Å². The maximum atomic E-state index is 5.92. The van der Waals surface area contributed by atoms with E-state index >= 15 is 0 Å². The van der Waals surface area contributed by atoms with Gasteiger partial charge in [0.2, 0.25) is 0 Å². The summed E-state index contributed by atoms with van der Waals surface area (Å²) in [5.74, 6) is 0.784. The Morgan fingerprint density at radius 1 is 1.50 bits per heavy atom. The number of hydrogen-bond donors (Lipinski definition) is 1. The number of ether oxygens (including phenoxy) is 1. The van der Waals surface area contributed by atoms with E-state index in [1.165, 1.54) is 0 Å². The monoisotopic (exact) mass is 257 g/mol. The fourth-order valence-corrected chi connectivity index (χ4v) is 1.22. The number of hydrogen-bond acceptors (Lipinski definition) is 2. The van der Waals surface area contributed by atoms with Crippen LogP contribution in [0.1, 0.15) is 19.4 Å². The van der Waals surface area contributed by atoms with Crippen LogP contribution >= 0.6 is 23.8 Å². The number of nitrogens with two attached hydrogens (primary N) is 1. The average molecular weight is 258 g/mol. The van der Waals surface area contributed by atoms with E-state index in [9.17, 15) is 0 Å². The molecule has 88 valence electrons. The number of benzene rings is 1. The third-order valence-electron chi connectivity index (χ3n) is 2.40. The summed E-state index contributed by atoms with van der Waals surface area (Å²) in [5.41, 5.74) is 6.31. The Kier molecular flexibility index (Phi) is 4.16. The summed E-state index contributed by atoms with van der Waals surface area (Å²) < 4.78 is 5.64. The van der Waals surface area contributed by atoms with Crippen molar-refractivity contribution >= 4 is 28.8 Å². The number of aryl methyl sites for hydroxylation is 1. The predicted octanol–water partition coefficient (Wildman–Crippen LogP) is 3.34. The molecule has 0 unspecified atom stereocenters. The van der Waals surface area contributed by atoms with Crippen molar-refractivity contribution in [3.8, 4) is 5.75 Å². The summed E-state index contributed by atoms with van der Waals surface area (Å²) >= 11 is 10.9. The molecule has 0 fully saturated rings. The Balaban J connectivity index is 2.68. The van der Waals surface area contributed by atoms with E-state index in [2.05, 4.69) is 0 Å². The fraction of sp³-hybridized carbons (Fsp3) is 0.417. The van der Waals surface area contributed by atoms with Crippen LogP contribution < -0.4 is 10.5 Å². The molecular weight excluding hydrogens is 242 g/mol. The zero-order valence-electron chi connectivity index (χ0n) is 9.71. The summed E-state index contributed by atoms with van der Waals surface area (Å²) in [5, 5.41) is 0.737. The summed E-state index contributed by atoms with van der Waals surface area (Å²) in [6, 6.07) is 5.56. The molecule has 1 rings (SSSR count). The van der Waals surface area contributed by atoms with Gasteiger partial charge in [-0.05, 0) is 30.7 Å². The van der Waals surface area contributed by atoms with Crippen molar-refractivity contribution in [1.29, 1.82) is 0 Å². The van der Waals surface area contributed by atoms with Crippen molar-refractivity contribution in [3.63, 3.8) is 0 Å². The Hall–Kier alpha value is -0.800. The smallest absolute Gasteiger partial charge is 0.119 e. The first-order valence-corrected chi connectivity index (χ1v) is 5.80. The molecule has 0 atom stereocenters. The van der Waals surface area contributed by atoms with Crippen LogP contribution in [0.3, 0.4) is 0 Å². The van der Waals surface area contributed by atoms with E-state index < -0.39 is 0 Å². The zero-order valence-corrected chi connectivity index (χ0v) is 11.3. The maximum absolute atomic E-state index is 5.92. The first-order valence-electron chi connectivity index (χ1n) is 5.02. The van der Waals surface area contributed by atoms with Gasteiger partial charge in [-0.25, -0.2) is 0 Å². The highest BCUT2D eigenvalue weighted by atomic mass is 35.5. The average Bonchev–Trinajstić information content (AvgIpc) is 2.20. The molecule has 2 nitrogen and oxygen atoms in total. The highest BCUT2D eigenvalue weighted by Gasteiger charge is 2.22. The summed E-state index contributed by atoms with van der Waals surface area (Å²) in [6.07, 6.45) is 0. The minimum absolute atomic E-state index is 0.303. The molecular formula is C12H16ClNOS. The van der Waals surface area contributed by atoms with E-state index in [1.807, 2.05) is 39.0 Å². The van der Waals surface area contributed by atoms with Gasteiger partial charge in [0, 0.05) is 10.4 Å². The van der Waals surface area contributed by atoms with Gasteiger partial charge in [-0.3, -0.25) is 0 Å². The molecule has 0 saturated carbocycles. The second-order valence-corrected chi connectivity index (χ2v) is 5.29. The molecule has 0 aliphatic carbocycles. The van der Waals surface area contributed by atoms with E-state index in [-0.39, 0.29) is 5.41 Å². The van der Waals surface area contributed by atoms with Crippen LogP contribution in [-0.4, -0.2) is 11.6 Å². The Bertz CT molecular complexity index is 404. The second-order valence-electron chi connectivity index (χ2n) is 4.45. The summed E-state index contributed by atoms with van der Waals surface area (Å²) in [6.45, 7) is 6.31. The van der Waals surface area contributed by atoms with Crippen LogP contribution in [-0.2, 0) is 0 Å². The van der Waals surface area contributed by atoms with Gasteiger partial charge in [0.15, 0.2) is 0 Å². The molecule has 0 aliphatic rings. The van der Waals surface area contributed by atoms with Crippen molar-refractivity contribution in [1.82, 2.24) is 0 Å². The van der Waals surface area contributed by atoms with Crippen molar-refractivity contribution in [3.05, 3.63) is 28.8 Å². The molecule has 2 N–H and O–H groups in total. The molecule has 0 radical (unpaired) electrons. The Morgan fingerprint density at radius 2 is 2.12 bits per heavy atom. The van der Waals surface area contributed by atoms with Crippen LogP contribution in [0.2, 0.25) is 5.02 Å². The minimum Gasteiger partial charge on any atom is -0.493 e. The summed E-state index contributed by atoms with van der Waals surface area (Å²) in [7, 11) is 0. The lowest BCUT2D eigenvalue weighted by molar-refractivity contribution is 0.236. The van der Waals surface area contributed by atoms with E-state index in [0.29, 0.717) is 11.6 Å². The number of thiocarbonyl (C=S) groups is 1. The van der Waals surface area contributed by atoms with Gasteiger partial charge >= 0.3 is 0 Å². The highest BCUT2D eigenvalue weighted by Crippen LogP contribution is 2.23. The fourth-order valence-electron chi connectivity index (χ4n) is 1.04. The Morgan fingerprint density at radius 3 is 2.62 bits per heavy atom. The number of rotatable bonds is 4. The van der Waals surface area contributed by atoms with Crippen molar-refractivity contribution < 1.29 is 4.74 Å². The third-order valence-corrected chi connectivity index (χ3v) is 3.37. The second kappa shape index (κ2) is 5.02. The molecule has 0 heterocycles. The molecule has 0 amide bonds. The standard InChI is InChI=1S/C12H16ClNOS/c1-8-6-9(4-5-10(8)13)15-7-12(2,3)11(14)16/h4-6H,7H2,1-3H3,(H2,14,16). The molecule has 0 aromatic heterocycles. The van der Waals surface area contributed by atoms with Crippen molar-refractivity contribution in [2.24, 2.45) is 11.1 Å². The van der Waals surface area contributed by atoms with Crippen LogP contribution in [0, 0.1) is 12.3 Å². The van der Waals surface area contributed by atoms with Crippen molar-refractivity contribution in [2.45, 2.75) is 20.8 Å². The number of halogens is 1. The molecule has 0 spiro atoms. The van der Waals surface area contributed by atoms with Gasteiger partial charge < -0.3 is 10.5 Å². The SMILES string of the molecule is Cc1cc(OCC(C)(C)C(N)=S)ccc1Cl. The largest absolute Gasteiger partial charge is 0.493 e. The van der Waals surface area contributed by atoms with Crippen LogP contribution in [0.4, 0.5) is 0 Å². The van der Waals surface area contributed by atoms with Gasteiger partial charge in [0.1, 0.15) is 5.75 Å². The van der Waals surface area contributed by atoms with E-state index in [4.69, 9.17) is 34.3 Å². The molecule has 4 heteroatoms. The van der Waals surface area contributed by atoms with Gasteiger partial charge in [-0.15, -0.1) is 0 Å². The molecule has 1 aromatic carbocycles. The molecule has 0 bridgehead atoms. The van der Waals surface area contributed by atoms with Gasteiger partial charge in [-0.1, -0.05) is 37.7 Å². The lowest BCUT2D eigenvalue weighted by Crippen LogP contribution is -2.35. The van der Waals surface area contributed by atoms with Crippen LogP contribution in [0.15, 0.2) is 18.2 Å². The van der Waals surface area contributed by atoms with Crippen molar-refractivity contribution in [2.75, 3.05) is 6.61 Å². The molecule has 16 heavy (non-hydrogen) atoms. The van der Waals surface area contributed by atoms with Crippen LogP contribution in [0.25, 0.3) is 0 Å². The summed E-state index contributed by atoms with van der Waals surface area (Å²) in [4.78, 5) is 0.457. The topological polar surface area (TPSA) is 35.2 Å². The quantitative estimate of drug-likeness (QED) is 0.841. The lowest BCUT2D eigenvalue weighted by atomic mass is 9.95. The molecule has 0 aliphatic heterocycles. The molecule has 1 aromatic rings. The zero-order chi connectivity index (χ0) is 12.3. The third kappa shape index (κ3) is 3.35. The maximum Gasteiger partial charge on any atom is 0.119 e. The first kappa shape index (κ1) is 13.3. The predicted molar refractivity (Wildman–Crippen MR) is 72.3 cm³/mol. The van der Waals surface area contributed by atoms with Gasteiger partial charge in [-0.2, -0.15) is 0 Å². The van der Waals surface area contributed by atoms with E-state index in [1.54, 1.807) is 0 Å². The van der Waals surface area contributed by atoms with Gasteiger partial charge in [0.25, 0.3) is 0 Å². The lowest BCUT2D eigenvalue weighted by Gasteiger charge is -2.23. The highest BCUT2D eigenvalue weighted by molar-refractivity contribution is 7.80. The molecule has 0 saturated heterocycles. The normalized spacial score (nSPS) is 11.2. The van der Waals surface area contributed by atoms with Gasteiger partial charge in [0.05, 0.1) is 11.6 Å².